The highest BCUT2D eigenvalue weighted by atomic mass is 79.9. The summed E-state index contributed by atoms with van der Waals surface area (Å²) in [6.45, 7) is 0. The van der Waals surface area contributed by atoms with Crippen LogP contribution in [-0.2, 0) is 0 Å². The highest BCUT2D eigenvalue weighted by Gasteiger charge is 2.14. The standard InChI is InChI=1S/C18H12BrN3O3/c1-25-16-6-12-14(7-13(16)19)21-18(24)22(17(12)23)15-9-20-8-10-4-2-3-5-11(10)15/h2-9H,1H3,(H,21,24). The number of rotatable bonds is 2. The lowest BCUT2D eigenvalue weighted by atomic mass is 10.1. The van der Waals surface area contributed by atoms with Gasteiger partial charge in [0.2, 0.25) is 0 Å². The number of pyridine rings is 1. The summed E-state index contributed by atoms with van der Waals surface area (Å²) in [5.41, 5.74) is -0.0734. The molecule has 0 aliphatic rings. The molecule has 4 aromatic rings. The first-order valence-electron chi connectivity index (χ1n) is 7.46. The lowest BCUT2D eigenvalue weighted by Crippen LogP contribution is -2.33. The van der Waals surface area contributed by atoms with Crippen LogP contribution in [0.15, 0.2) is 62.9 Å². The van der Waals surface area contributed by atoms with Crippen LogP contribution in [0.1, 0.15) is 0 Å². The van der Waals surface area contributed by atoms with Gasteiger partial charge in [0.1, 0.15) is 5.75 Å². The van der Waals surface area contributed by atoms with Crippen molar-refractivity contribution in [3.8, 4) is 11.4 Å². The average Bonchev–Trinajstić information content (AvgIpc) is 2.61. The number of ether oxygens (including phenoxy) is 1. The molecule has 0 saturated heterocycles. The molecule has 2 aromatic carbocycles. The molecule has 7 heteroatoms. The largest absolute Gasteiger partial charge is 0.496 e. The Kier molecular flexibility index (Phi) is 3.65. The van der Waals surface area contributed by atoms with Crippen LogP contribution in [0.5, 0.6) is 5.75 Å². The maximum absolute atomic E-state index is 13.0. The van der Waals surface area contributed by atoms with E-state index in [0.29, 0.717) is 26.8 Å². The molecule has 0 fully saturated rings. The van der Waals surface area contributed by atoms with E-state index in [1.165, 1.54) is 13.3 Å². The Bertz CT molecular complexity index is 1240. The van der Waals surface area contributed by atoms with Gasteiger partial charge in [-0.1, -0.05) is 24.3 Å². The first-order chi connectivity index (χ1) is 12.1. The number of benzene rings is 2. The fourth-order valence-corrected chi connectivity index (χ4v) is 3.38. The van der Waals surface area contributed by atoms with Gasteiger partial charge < -0.3 is 9.72 Å². The molecule has 0 amide bonds. The average molecular weight is 398 g/mol. The van der Waals surface area contributed by atoms with E-state index in [2.05, 4.69) is 25.9 Å². The van der Waals surface area contributed by atoms with Gasteiger partial charge in [0, 0.05) is 17.0 Å². The van der Waals surface area contributed by atoms with Gasteiger partial charge in [-0.2, -0.15) is 0 Å². The first kappa shape index (κ1) is 15.6. The number of methoxy groups -OCH3 is 1. The summed E-state index contributed by atoms with van der Waals surface area (Å²) in [6.07, 6.45) is 3.21. The van der Waals surface area contributed by atoms with Crippen LogP contribution < -0.4 is 16.0 Å². The molecule has 124 valence electrons. The van der Waals surface area contributed by atoms with Crippen molar-refractivity contribution in [2.45, 2.75) is 0 Å². The molecule has 0 saturated carbocycles. The normalized spacial score (nSPS) is 11.1. The van der Waals surface area contributed by atoms with Crippen LogP contribution in [0, 0.1) is 0 Å². The summed E-state index contributed by atoms with van der Waals surface area (Å²) in [4.78, 5) is 32.5. The van der Waals surface area contributed by atoms with Crippen LogP contribution in [0.2, 0.25) is 0 Å². The number of aromatic amines is 1. The topological polar surface area (TPSA) is 77.0 Å². The van der Waals surface area contributed by atoms with Gasteiger partial charge in [-0.3, -0.25) is 9.78 Å². The summed E-state index contributed by atoms with van der Waals surface area (Å²) in [6, 6.07) is 10.7. The van der Waals surface area contributed by atoms with Crippen LogP contribution in [0.25, 0.3) is 27.4 Å². The molecule has 0 aliphatic carbocycles. The summed E-state index contributed by atoms with van der Waals surface area (Å²) >= 11 is 3.36. The maximum Gasteiger partial charge on any atom is 0.333 e. The van der Waals surface area contributed by atoms with Crippen LogP contribution in [0.3, 0.4) is 0 Å². The van der Waals surface area contributed by atoms with Crippen molar-refractivity contribution >= 4 is 37.6 Å². The second kappa shape index (κ2) is 5.86. The zero-order chi connectivity index (χ0) is 17.6. The Balaban J connectivity index is 2.13. The van der Waals surface area contributed by atoms with E-state index in [9.17, 15) is 9.59 Å². The summed E-state index contributed by atoms with van der Waals surface area (Å²) < 4.78 is 7.01. The van der Waals surface area contributed by atoms with E-state index in [1.807, 2.05) is 24.3 Å². The molecule has 0 spiro atoms. The summed E-state index contributed by atoms with van der Waals surface area (Å²) in [5.74, 6) is 0.513. The van der Waals surface area contributed by atoms with Crippen molar-refractivity contribution in [2.75, 3.05) is 7.11 Å². The fourth-order valence-electron chi connectivity index (χ4n) is 2.87. The van der Waals surface area contributed by atoms with E-state index in [4.69, 9.17) is 4.74 Å². The zero-order valence-corrected chi connectivity index (χ0v) is 14.7. The number of halogens is 1. The number of hydrogen-bond acceptors (Lipinski definition) is 4. The Morgan fingerprint density at radius 1 is 1.12 bits per heavy atom. The molecule has 6 nitrogen and oxygen atoms in total. The number of fused-ring (bicyclic) bond motifs is 2. The van der Waals surface area contributed by atoms with Crippen molar-refractivity contribution < 1.29 is 4.74 Å². The Morgan fingerprint density at radius 2 is 1.92 bits per heavy atom. The van der Waals surface area contributed by atoms with E-state index >= 15 is 0 Å². The number of hydrogen-bond donors (Lipinski definition) is 1. The molecule has 0 unspecified atom stereocenters. The van der Waals surface area contributed by atoms with Crippen molar-refractivity contribution in [3.63, 3.8) is 0 Å². The Labute approximate surface area is 149 Å². The Morgan fingerprint density at radius 3 is 2.72 bits per heavy atom. The molecule has 4 rings (SSSR count). The quantitative estimate of drug-likeness (QED) is 0.563. The second-order valence-electron chi connectivity index (χ2n) is 5.48. The van der Waals surface area contributed by atoms with Gasteiger partial charge in [0.05, 0.1) is 34.4 Å². The zero-order valence-electron chi connectivity index (χ0n) is 13.1. The molecule has 25 heavy (non-hydrogen) atoms. The second-order valence-corrected chi connectivity index (χ2v) is 6.34. The third-order valence-corrected chi connectivity index (χ3v) is 4.68. The smallest absolute Gasteiger partial charge is 0.333 e. The molecule has 1 N–H and O–H groups in total. The van der Waals surface area contributed by atoms with Crippen LogP contribution >= 0.6 is 15.9 Å². The van der Waals surface area contributed by atoms with Crippen molar-refractivity contribution in [3.05, 3.63) is 74.1 Å². The van der Waals surface area contributed by atoms with E-state index in [1.54, 1.807) is 18.3 Å². The van der Waals surface area contributed by atoms with Crippen molar-refractivity contribution in [1.82, 2.24) is 14.5 Å². The molecule has 2 aromatic heterocycles. The molecular weight excluding hydrogens is 386 g/mol. The van der Waals surface area contributed by atoms with Gasteiger partial charge >= 0.3 is 5.69 Å². The third kappa shape index (κ3) is 2.44. The monoisotopic (exact) mass is 397 g/mol. The van der Waals surface area contributed by atoms with Crippen LogP contribution in [0.4, 0.5) is 0 Å². The number of nitrogens with zero attached hydrogens (tertiary/aromatic N) is 2. The van der Waals surface area contributed by atoms with E-state index < -0.39 is 11.2 Å². The number of nitrogens with one attached hydrogen (secondary N) is 1. The molecule has 0 atom stereocenters. The highest BCUT2D eigenvalue weighted by Crippen LogP contribution is 2.28. The van der Waals surface area contributed by atoms with Crippen molar-refractivity contribution in [2.24, 2.45) is 0 Å². The fraction of sp³-hybridized carbons (Fsp3) is 0.0556. The lowest BCUT2D eigenvalue weighted by molar-refractivity contribution is 0.412. The van der Waals surface area contributed by atoms with Crippen molar-refractivity contribution in [1.29, 1.82) is 0 Å². The predicted molar refractivity (Wildman–Crippen MR) is 99.7 cm³/mol. The lowest BCUT2D eigenvalue weighted by Gasteiger charge is -2.10. The molecule has 0 radical (unpaired) electrons. The SMILES string of the molecule is COc1cc2c(=O)n(-c3cncc4ccccc34)c(=O)[nH]c2cc1Br. The maximum atomic E-state index is 13.0. The van der Waals surface area contributed by atoms with E-state index in [-0.39, 0.29) is 0 Å². The van der Waals surface area contributed by atoms with Gasteiger partial charge in [-0.15, -0.1) is 0 Å². The predicted octanol–water partition coefficient (Wildman–Crippen LogP) is 3.00. The van der Waals surface area contributed by atoms with E-state index in [0.717, 1.165) is 15.3 Å². The van der Waals surface area contributed by atoms with Gasteiger partial charge in [0.15, 0.2) is 0 Å². The molecular formula is C18H12BrN3O3. The highest BCUT2D eigenvalue weighted by molar-refractivity contribution is 9.10. The third-order valence-electron chi connectivity index (χ3n) is 4.06. The minimum Gasteiger partial charge on any atom is -0.496 e. The first-order valence-corrected chi connectivity index (χ1v) is 8.25. The van der Waals surface area contributed by atoms with Crippen LogP contribution in [-0.4, -0.2) is 21.6 Å². The minimum absolute atomic E-state index is 0.354. The van der Waals surface area contributed by atoms with Gasteiger partial charge in [-0.25, -0.2) is 9.36 Å². The summed E-state index contributed by atoms with van der Waals surface area (Å²) in [7, 11) is 1.52. The molecule has 2 heterocycles. The Hall–Kier alpha value is -2.93. The minimum atomic E-state index is -0.521. The molecule has 0 aliphatic heterocycles. The number of aromatic nitrogens is 3. The molecule has 0 bridgehead atoms. The summed E-state index contributed by atoms with van der Waals surface area (Å²) in [5, 5.41) is 1.97. The number of H-pyrrole nitrogens is 1. The van der Waals surface area contributed by atoms with Gasteiger partial charge in [0.25, 0.3) is 5.56 Å². The van der Waals surface area contributed by atoms with Gasteiger partial charge in [-0.05, 0) is 28.1 Å².